The molecule has 0 saturated carbocycles. The molecule has 0 aromatic heterocycles. The van der Waals surface area contributed by atoms with Crippen molar-refractivity contribution in [1.82, 2.24) is 0 Å². The van der Waals surface area contributed by atoms with Crippen LogP contribution >= 0.6 is 0 Å². The van der Waals surface area contributed by atoms with E-state index in [9.17, 15) is 4.79 Å². The summed E-state index contributed by atoms with van der Waals surface area (Å²) in [5.41, 5.74) is 3.26. The summed E-state index contributed by atoms with van der Waals surface area (Å²) in [6, 6.07) is 13.0. The summed E-state index contributed by atoms with van der Waals surface area (Å²) in [4.78, 5) is 11.5. The highest BCUT2D eigenvalue weighted by Gasteiger charge is 2.12. The zero-order valence-corrected chi connectivity index (χ0v) is 14.9. The van der Waals surface area contributed by atoms with Crippen LogP contribution in [0.15, 0.2) is 48.6 Å². The number of nitrogens with zero attached hydrogens (tertiary/aromatic N) is 1. The molecule has 0 N–H and O–H groups in total. The summed E-state index contributed by atoms with van der Waals surface area (Å²) in [5, 5.41) is 9.07. The third-order valence-electron chi connectivity index (χ3n) is 3.78. The van der Waals surface area contributed by atoms with Gasteiger partial charge in [-0.2, -0.15) is 5.26 Å². The average molecular weight is 335 g/mol. The molecule has 0 spiro atoms. The van der Waals surface area contributed by atoms with Crippen molar-refractivity contribution in [3.8, 4) is 23.3 Å². The number of nitriles is 1. The largest absolute Gasteiger partial charge is 0.457 e. The number of ether oxygens (including phenoxy) is 2. The van der Waals surface area contributed by atoms with Crippen LogP contribution in [0.3, 0.4) is 0 Å². The predicted octanol–water partition coefficient (Wildman–Crippen LogP) is 5.20. The second kappa shape index (κ2) is 7.67. The Bertz CT molecular complexity index is 821. The Labute approximate surface area is 148 Å². The molecule has 2 aromatic rings. The molecule has 0 amide bonds. The maximum absolute atomic E-state index is 11.5. The Morgan fingerprint density at radius 3 is 2.12 bits per heavy atom. The van der Waals surface area contributed by atoms with Gasteiger partial charge in [0, 0.05) is 5.57 Å². The minimum Gasteiger partial charge on any atom is -0.457 e. The summed E-state index contributed by atoms with van der Waals surface area (Å²) in [6.45, 7) is 10.9. The van der Waals surface area contributed by atoms with Crippen LogP contribution < -0.4 is 9.47 Å². The zero-order valence-electron chi connectivity index (χ0n) is 14.9. The van der Waals surface area contributed by atoms with Gasteiger partial charge in [0.2, 0.25) is 0 Å². The summed E-state index contributed by atoms with van der Waals surface area (Å²) < 4.78 is 11.1. The van der Waals surface area contributed by atoms with Crippen LogP contribution in [0.4, 0.5) is 0 Å². The minimum absolute atomic E-state index is 0.159. The molecule has 2 rings (SSSR count). The van der Waals surface area contributed by atoms with Crippen molar-refractivity contribution in [1.29, 1.82) is 5.26 Å². The maximum Gasteiger partial charge on any atom is 0.338 e. The molecule has 0 heterocycles. The number of carbonyl (C=O) groups is 1. The molecule has 4 nitrogen and oxygen atoms in total. The first-order chi connectivity index (χ1) is 11.8. The van der Waals surface area contributed by atoms with E-state index in [0.717, 1.165) is 22.4 Å². The molecule has 128 valence electrons. The van der Waals surface area contributed by atoms with Crippen LogP contribution in [0, 0.1) is 25.2 Å². The van der Waals surface area contributed by atoms with Gasteiger partial charge in [-0.05, 0) is 68.7 Å². The Kier molecular flexibility index (Phi) is 5.61. The average Bonchev–Trinajstić information content (AvgIpc) is 2.58. The van der Waals surface area contributed by atoms with Crippen molar-refractivity contribution >= 4 is 5.97 Å². The summed E-state index contributed by atoms with van der Waals surface area (Å²) in [5.74, 6) is 1.23. The molecule has 0 fully saturated rings. The lowest BCUT2D eigenvalue weighted by Crippen LogP contribution is -2.07. The van der Waals surface area contributed by atoms with Gasteiger partial charge in [0.1, 0.15) is 17.2 Å². The van der Waals surface area contributed by atoms with Gasteiger partial charge in [0.05, 0.1) is 12.0 Å². The molecule has 0 bridgehead atoms. The van der Waals surface area contributed by atoms with Crippen LogP contribution in [0.1, 0.15) is 36.5 Å². The highest BCUT2D eigenvalue weighted by molar-refractivity contribution is 5.88. The van der Waals surface area contributed by atoms with Crippen LogP contribution in [-0.2, 0) is 4.79 Å². The van der Waals surface area contributed by atoms with E-state index in [-0.39, 0.29) is 5.92 Å². The lowest BCUT2D eigenvalue weighted by atomic mass is 9.97. The third-order valence-corrected chi connectivity index (χ3v) is 3.78. The first-order valence-electron chi connectivity index (χ1n) is 7.98. The number of rotatable bonds is 5. The van der Waals surface area contributed by atoms with E-state index in [1.165, 1.54) is 0 Å². The molecule has 1 unspecified atom stereocenters. The quantitative estimate of drug-likeness (QED) is 0.428. The Morgan fingerprint density at radius 2 is 1.64 bits per heavy atom. The fourth-order valence-corrected chi connectivity index (χ4v) is 2.36. The lowest BCUT2D eigenvalue weighted by Gasteiger charge is -2.15. The molecule has 0 saturated heterocycles. The van der Waals surface area contributed by atoms with Crippen LogP contribution in [0.5, 0.6) is 17.2 Å². The second-order valence-electron chi connectivity index (χ2n) is 6.08. The number of esters is 1. The van der Waals surface area contributed by atoms with Crippen molar-refractivity contribution in [3.05, 3.63) is 65.2 Å². The number of benzene rings is 2. The van der Waals surface area contributed by atoms with Gasteiger partial charge in [-0.25, -0.2) is 4.79 Å². The lowest BCUT2D eigenvalue weighted by molar-refractivity contribution is -0.130. The maximum atomic E-state index is 11.5. The molecule has 1 atom stereocenters. The van der Waals surface area contributed by atoms with Crippen molar-refractivity contribution < 1.29 is 14.3 Å². The van der Waals surface area contributed by atoms with Gasteiger partial charge in [-0.1, -0.05) is 18.7 Å². The molecule has 0 aliphatic heterocycles. The second-order valence-corrected chi connectivity index (χ2v) is 6.08. The fraction of sp³-hybridized carbons (Fsp3) is 0.238. The molecular weight excluding hydrogens is 314 g/mol. The van der Waals surface area contributed by atoms with E-state index in [2.05, 4.69) is 12.6 Å². The van der Waals surface area contributed by atoms with Crippen molar-refractivity contribution in [2.75, 3.05) is 0 Å². The van der Waals surface area contributed by atoms with Gasteiger partial charge in [-0.3, -0.25) is 0 Å². The normalized spacial score (nSPS) is 11.3. The van der Waals surface area contributed by atoms with Crippen LogP contribution in [-0.4, -0.2) is 5.97 Å². The van der Waals surface area contributed by atoms with E-state index in [0.29, 0.717) is 17.1 Å². The van der Waals surface area contributed by atoms with E-state index in [1.54, 1.807) is 31.2 Å². The molecule has 4 heteroatoms. The first-order valence-corrected chi connectivity index (χ1v) is 7.98. The molecular formula is C21H21NO3. The topological polar surface area (TPSA) is 59.3 Å². The monoisotopic (exact) mass is 335 g/mol. The molecule has 0 aliphatic carbocycles. The van der Waals surface area contributed by atoms with Crippen LogP contribution in [0.25, 0.3) is 0 Å². The third kappa shape index (κ3) is 4.48. The van der Waals surface area contributed by atoms with E-state index in [4.69, 9.17) is 14.7 Å². The SMILES string of the molecule is C=C(C)C(=O)Oc1ccc(Oc2c(C)cc(C(C)C#N)cc2C)cc1. The highest BCUT2D eigenvalue weighted by atomic mass is 16.5. The van der Waals surface area contributed by atoms with Gasteiger partial charge in [0.25, 0.3) is 0 Å². The molecule has 0 aliphatic rings. The standard InChI is InChI=1S/C21H21NO3/c1-13(2)21(23)25-19-8-6-18(7-9-19)24-20-14(3)10-17(11-15(20)4)16(5)12-22/h6-11,16H,1H2,2-5H3. The van der Waals surface area contributed by atoms with Gasteiger partial charge in [-0.15, -0.1) is 0 Å². The fourth-order valence-electron chi connectivity index (χ4n) is 2.36. The van der Waals surface area contributed by atoms with Gasteiger partial charge >= 0.3 is 5.97 Å². The minimum atomic E-state index is -0.456. The zero-order chi connectivity index (χ0) is 18.6. The summed E-state index contributed by atoms with van der Waals surface area (Å²) in [7, 11) is 0. The van der Waals surface area contributed by atoms with Gasteiger partial charge in [0.15, 0.2) is 0 Å². The smallest absolute Gasteiger partial charge is 0.338 e. The van der Waals surface area contributed by atoms with Crippen molar-refractivity contribution in [2.45, 2.75) is 33.6 Å². The van der Waals surface area contributed by atoms with Crippen molar-refractivity contribution in [2.24, 2.45) is 0 Å². The summed E-state index contributed by atoms with van der Waals surface area (Å²) in [6.07, 6.45) is 0. The van der Waals surface area contributed by atoms with Gasteiger partial charge < -0.3 is 9.47 Å². The number of hydrogen-bond acceptors (Lipinski definition) is 4. The predicted molar refractivity (Wildman–Crippen MR) is 96.9 cm³/mol. The Balaban J connectivity index is 2.19. The first kappa shape index (κ1) is 18.3. The van der Waals surface area contributed by atoms with E-state index in [1.807, 2.05) is 32.9 Å². The van der Waals surface area contributed by atoms with E-state index < -0.39 is 5.97 Å². The Hall–Kier alpha value is -3.06. The molecule has 2 aromatic carbocycles. The summed E-state index contributed by atoms with van der Waals surface area (Å²) >= 11 is 0. The molecule has 0 radical (unpaired) electrons. The number of aryl methyl sites for hydroxylation is 2. The number of hydrogen-bond donors (Lipinski definition) is 0. The number of carbonyl (C=O) groups excluding carboxylic acids is 1. The Morgan fingerprint density at radius 1 is 1.12 bits per heavy atom. The van der Waals surface area contributed by atoms with E-state index >= 15 is 0 Å². The highest BCUT2D eigenvalue weighted by Crippen LogP contribution is 2.32. The molecule has 25 heavy (non-hydrogen) atoms. The van der Waals surface area contributed by atoms with Crippen molar-refractivity contribution in [3.63, 3.8) is 0 Å². The van der Waals surface area contributed by atoms with Crippen LogP contribution in [0.2, 0.25) is 0 Å².